The number of carbonyl (C=O) groups is 2. The molecule has 0 fully saturated rings. The van der Waals surface area contributed by atoms with E-state index in [1.165, 1.54) is 38.5 Å². The molecule has 168 valence electrons. The summed E-state index contributed by atoms with van der Waals surface area (Å²) in [5.74, 6) is -1.70. The van der Waals surface area contributed by atoms with Crippen molar-refractivity contribution in [3.05, 3.63) is 81.5 Å². The Morgan fingerprint density at radius 3 is 2.48 bits per heavy atom. The molecule has 2 aliphatic heterocycles. The molecule has 0 atom stereocenters. The Labute approximate surface area is 196 Å². The van der Waals surface area contributed by atoms with Crippen LogP contribution in [0.15, 0.2) is 53.1 Å². The number of anilines is 1. The molecular formula is C23H18BrFN4O4. The lowest BCUT2D eigenvalue weighted by molar-refractivity contribution is 0.0588. The highest BCUT2D eigenvalue weighted by atomic mass is 79.9. The minimum absolute atomic E-state index is 0.167. The summed E-state index contributed by atoms with van der Waals surface area (Å²) >= 11 is 3.51. The Bertz CT molecular complexity index is 1330. The van der Waals surface area contributed by atoms with Crippen LogP contribution in [0, 0.1) is 5.82 Å². The Balaban J connectivity index is 1.91. The molecule has 33 heavy (non-hydrogen) atoms. The van der Waals surface area contributed by atoms with E-state index >= 15 is 0 Å². The summed E-state index contributed by atoms with van der Waals surface area (Å²) in [5.41, 5.74) is 9.96. The van der Waals surface area contributed by atoms with Gasteiger partial charge in [0.1, 0.15) is 17.2 Å². The Kier molecular flexibility index (Phi) is 5.18. The second kappa shape index (κ2) is 8.05. The maximum absolute atomic E-state index is 13.7. The van der Waals surface area contributed by atoms with Crippen molar-refractivity contribution in [3.8, 4) is 11.1 Å². The van der Waals surface area contributed by atoms with Gasteiger partial charge in [0.2, 0.25) is 0 Å². The zero-order valence-electron chi connectivity index (χ0n) is 17.6. The molecule has 0 aliphatic carbocycles. The Hall–Kier alpha value is -3.63. The number of carbonyl (C=O) groups excluding carboxylic acids is 2. The van der Waals surface area contributed by atoms with E-state index in [1.807, 2.05) is 18.2 Å². The van der Waals surface area contributed by atoms with Gasteiger partial charge in [0.15, 0.2) is 0 Å². The van der Waals surface area contributed by atoms with Crippen LogP contribution in [0.5, 0.6) is 0 Å². The highest BCUT2D eigenvalue weighted by Gasteiger charge is 2.39. The number of aromatic nitrogens is 1. The zero-order valence-corrected chi connectivity index (χ0v) is 19.2. The van der Waals surface area contributed by atoms with Crippen molar-refractivity contribution in [2.75, 3.05) is 19.2 Å². The number of esters is 2. The zero-order chi connectivity index (χ0) is 23.3. The largest absolute Gasteiger partial charge is 0.465 e. The summed E-state index contributed by atoms with van der Waals surface area (Å²) in [6, 6.07) is 11.4. The van der Waals surface area contributed by atoms with Crippen LogP contribution in [0.1, 0.15) is 32.1 Å². The lowest BCUT2D eigenvalue weighted by atomic mass is 9.99. The van der Waals surface area contributed by atoms with Crippen LogP contribution < -0.4 is 16.0 Å². The van der Waals surface area contributed by atoms with E-state index in [2.05, 4.69) is 26.9 Å². The molecule has 2 aliphatic rings. The smallest absolute Gasteiger partial charge is 0.355 e. The quantitative estimate of drug-likeness (QED) is 0.516. The second-order valence-corrected chi connectivity index (χ2v) is 8.33. The van der Waals surface area contributed by atoms with Crippen LogP contribution >= 0.6 is 15.9 Å². The first-order valence-electron chi connectivity index (χ1n) is 9.94. The molecule has 2 aromatic carbocycles. The lowest BCUT2D eigenvalue weighted by Crippen LogP contribution is -2.37. The second-order valence-electron chi connectivity index (χ2n) is 7.42. The van der Waals surface area contributed by atoms with Crippen molar-refractivity contribution in [1.82, 2.24) is 15.5 Å². The number of halogens is 2. The standard InChI is InChI=1S/C23H18BrFN4O4/c1-32-22(30)19-18(12-3-6-15(25)7-4-12)21(23(31)33-2)28-11-13-9-14(24)5-8-16(13)29-17(20(19)28)10-26-27-29/h3-10,26-27H,11H2,1-2H3. The van der Waals surface area contributed by atoms with Crippen LogP contribution in [0.2, 0.25) is 0 Å². The maximum Gasteiger partial charge on any atom is 0.355 e. The third-order valence-electron chi connectivity index (χ3n) is 5.64. The van der Waals surface area contributed by atoms with E-state index < -0.39 is 17.8 Å². The minimum atomic E-state index is -0.631. The highest BCUT2D eigenvalue weighted by molar-refractivity contribution is 9.10. The molecule has 1 aromatic heterocycles. The van der Waals surface area contributed by atoms with Gasteiger partial charge in [-0.1, -0.05) is 28.1 Å². The van der Waals surface area contributed by atoms with Crippen molar-refractivity contribution in [1.29, 1.82) is 0 Å². The normalized spacial score (nSPS) is 13.8. The first kappa shape index (κ1) is 21.2. The van der Waals surface area contributed by atoms with Crippen LogP contribution in [0.25, 0.3) is 16.8 Å². The molecule has 0 spiro atoms. The molecule has 0 amide bonds. The van der Waals surface area contributed by atoms with Crippen molar-refractivity contribution in [3.63, 3.8) is 0 Å². The molecule has 10 heteroatoms. The Morgan fingerprint density at radius 1 is 1.06 bits per heavy atom. The maximum atomic E-state index is 13.7. The van der Waals surface area contributed by atoms with E-state index in [4.69, 9.17) is 9.47 Å². The minimum Gasteiger partial charge on any atom is -0.465 e. The fraction of sp³-hybridized carbons (Fsp3) is 0.130. The summed E-state index contributed by atoms with van der Waals surface area (Å²) in [7, 11) is 2.55. The fourth-order valence-electron chi connectivity index (χ4n) is 4.27. The highest BCUT2D eigenvalue weighted by Crippen LogP contribution is 2.43. The third-order valence-corrected chi connectivity index (χ3v) is 6.14. The number of rotatable bonds is 3. The number of hydrazine groups is 2. The average molecular weight is 513 g/mol. The average Bonchev–Trinajstić information content (AvgIpc) is 3.38. The molecule has 0 bridgehead atoms. The number of hydrogen-bond donors (Lipinski definition) is 2. The predicted molar refractivity (Wildman–Crippen MR) is 122 cm³/mol. The third kappa shape index (κ3) is 3.30. The molecule has 0 saturated carbocycles. The first-order valence-corrected chi connectivity index (χ1v) is 10.7. The molecule has 8 nitrogen and oxygen atoms in total. The van der Waals surface area contributed by atoms with E-state index in [9.17, 15) is 14.0 Å². The van der Waals surface area contributed by atoms with E-state index in [-0.39, 0.29) is 17.8 Å². The fourth-order valence-corrected chi connectivity index (χ4v) is 4.68. The number of benzene rings is 2. The molecule has 5 rings (SSSR count). The van der Waals surface area contributed by atoms with Crippen LogP contribution in [0.3, 0.4) is 0 Å². The monoisotopic (exact) mass is 512 g/mol. The number of nitrogens with one attached hydrogen (secondary N) is 2. The topological polar surface area (TPSA) is 84.8 Å². The summed E-state index contributed by atoms with van der Waals surface area (Å²) in [5, 5.41) is 1.79. The SMILES string of the molecule is COC(=O)c1c(-c2ccc(F)cc2)c(C(=O)OC)n2c1C1=CNNN1c1ccc(Br)cc1C2. The molecule has 0 saturated heterocycles. The molecule has 3 heterocycles. The number of ether oxygens (including phenoxy) is 2. The van der Waals surface area contributed by atoms with Gasteiger partial charge in [-0.2, -0.15) is 0 Å². The van der Waals surface area contributed by atoms with Gasteiger partial charge in [0.25, 0.3) is 0 Å². The van der Waals surface area contributed by atoms with Gasteiger partial charge >= 0.3 is 11.9 Å². The van der Waals surface area contributed by atoms with Crippen LogP contribution in [-0.2, 0) is 16.0 Å². The summed E-state index contributed by atoms with van der Waals surface area (Å²) in [6.45, 7) is 0.273. The molecule has 3 aromatic rings. The molecule has 0 radical (unpaired) electrons. The number of hydrogen-bond acceptors (Lipinski definition) is 7. The summed E-state index contributed by atoms with van der Waals surface area (Å²) in [6.07, 6.45) is 1.70. The van der Waals surface area contributed by atoms with E-state index in [0.717, 1.165) is 15.7 Å². The van der Waals surface area contributed by atoms with Gasteiger partial charge in [-0.05, 0) is 41.5 Å². The first-order chi connectivity index (χ1) is 15.9. The summed E-state index contributed by atoms with van der Waals surface area (Å²) in [4.78, 5) is 26.3. The summed E-state index contributed by atoms with van der Waals surface area (Å²) < 4.78 is 26.5. The number of nitrogens with zero attached hydrogens (tertiary/aromatic N) is 2. The molecule has 2 N–H and O–H groups in total. The van der Waals surface area contributed by atoms with Gasteiger partial charge in [-0.15, -0.1) is 5.53 Å². The van der Waals surface area contributed by atoms with Gasteiger partial charge < -0.3 is 19.5 Å². The predicted octanol–water partition coefficient (Wildman–Crippen LogP) is 3.82. The van der Waals surface area contributed by atoms with Crippen molar-refractivity contribution in [2.24, 2.45) is 0 Å². The molecule has 0 unspecified atom stereocenters. The van der Waals surface area contributed by atoms with Crippen molar-refractivity contribution < 1.29 is 23.5 Å². The lowest BCUT2D eigenvalue weighted by Gasteiger charge is -2.21. The van der Waals surface area contributed by atoms with Crippen LogP contribution in [-0.4, -0.2) is 30.7 Å². The Morgan fingerprint density at radius 2 is 1.79 bits per heavy atom. The van der Waals surface area contributed by atoms with Gasteiger partial charge in [0, 0.05) is 16.2 Å². The van der Waals surface area contributed by atoms with Crippen LogP contribution in [0.4, 0.5) is 10.1 Å². The van der Waals surface area contributed by atoms with E-state index in [1.54, 1.807) is 15.8 Å². The van der Waals surface area contributed by atoms with Crippen molar-refractivity contribution in [2.45, 2.75) is 6.54 Å². The van der Waals surface area contributed by atoms with E-state index in [0.29, 0.717) is 22.5 Å². The number of fused-ring (bicyclic) bond motifs is 5. The van der Waals surface area contributed by atoms with Gasteiger partial charge in [-0.25, -0.2) is 14.0 Å². The van der Waals surface area contributed by atoms with Gasteiger partial charge in [-0.3, -0.25) is 5.01 Å². The van der Waals surface area contributed by atoms with Crippen molar-refractivity contribution >= 4 is 39.3 Å². The number of methoxy groups -OCH3 is 2. The molecular weight excluding hydrogens is 495 g/mol. The van der Waals surface area contributed by atoms with Gasteiger partial charge in [0.05, 0.1) is 37.7 Å².